The first-order chi connectivity index (χ1) is 11.8. The van der Waals surface area contributed by atoms with Crippen molar-refractivity contribution in [2.75, 3.05) is 31.2 Å². The SMILES string of the molecule is CCc1sc2ncnc(N3CCOCC3)c2c1-c1ccc(Br)cc1. The molecule has 4 nitrogen and oxygen atoms in total. The maximum atomic E-state index is 5.50. The number of benzene rings is 1. The number of nitrogens with zero attached hydrogens (tertiary/aromatic N) is 3. The van der Waals surface area contributed by atoms with Crippen LogP contribution in [0.15, 0.2) is 35.1 Å². The Labute approximate surface area is 153 Å². The highest BCUT2D eigenvalue weighted by atomic mass is 79.9. The van der Waals surface area contributed by atoms with Gasteiger partial charge in [0, 0.05) is 28.0 Å². The van der Waals surface area contributed by atoms with Crippen molar-refractivity contribution >= 4 is 43.3 Å². The van der Waals surface area contributed by atoms with Crippen LogP contribution in [0.5, 0.6) is 0 Å². The van der Waals surface area contributed by atoms with Crippen LogP contribution in [-0.4, -0.2) is 36.3 Å². The summed E-state index contributed by atoms with van der Waals surface area (Å²) in [7, 11) is 0. The molecule has 0 saturated carbocycles. The second kappa shape index (κ2) is 6.78. The first-order valence-electron chi connectivity index (χ1n) is 8.13. The molecule has 124 valence electrons. The zero-order valence-corrected chi connectivity index (χ0v) is 15.9. The molecule has 0 N–H and O–H groups in total. The highest BCUT2D eigenvalue weighted by Gasteiger charge is 2.22. The predicted molar refractivity (Wildman–Crippen MR) is 103 cm³/mol. The molecule has 1 fully saturated rings. The largest absolute Gasteiger partial charge is 0.378 e. The van der Waals surface area contributed by atoms with E-state index < -0.39 is 0 Å². The topological polar surface area (TPSA) is 38.2 Å². The number of morpholine rings is 1. The van der Waals surface area contributed by atoms with Crippen LogP contribution in [0, 0.1) is 0 Å². The van der Waals surface area contributed by atoms with E-state index in [0.717, 1.165) is 47.8 Å². The summed E-state index contributed by atoms with van der Waals surface area (Å²) < 4.78 is 6.59. The van der Waals surface area contributed by atoms with E-state index in [2.05, 4.69) is 62.0 Å². The van der Waals surface area contributed by atoms with Crippen molar-refractivity contribution < 1.29 is 4.74 Å². The molecule has 0 bridgehead atoms. The molecule has 0 spiro atoms. The minimum atomic E-state index is 0.754. The van der Waals surface area contributed by atoms with Gasteiger partial charge in [-0.1, -0.05) is 35.0 Å². The van der Waals surface area contributed by atoms with Gasteiger partial charge in [0.15, 0.2) is 0 Å². The van der Waals surface area contributed by atoms with Crippen molar-refractivity contribution in [3.8, 4) is 11.1 Å². The number of aromatic nitrogens is 2. The highest BCUT2D eigenvalue weighted by Crippen LogP contribution is 2.42. The van der Waals surface area contributed by atoms with Gasteiger partial charge in [0.2, 0.25) is 0 Å². The minimum absolute atomic E-state index is 0.754. The van der Waals surface area contributed by atoms with Crippen LogP contribution < -0.4 is 4.90 Å². The molecular weight excluding hydrogens is 386 g/mol. The van der Waals surface area contributed by atoms with Gasteiger partial charge in [-0.15, -0.1) is 11.3 Å². The number of rotatable bonds is 3. The Morgan fingerprint density at radius 2 is 1.92 bits per heavy atom. The van der Waals surface area contributed by atoms with Gasteiger partial charge in [0.25, 0.3) is 0 Å². The van der Waals surface area contributed by atoms with Crippen LogP contribution in [0.1, 0.15) is 11.8 Å². The van der Waals surface area contributed by atoms with Crippen molar-refractivity contribution in [3.05, 3.63) is 39.9 Å². The van der Waals surface area contributed by atoms with E-state index in [9.17, 15) is 0 Å². The number of halogens is 1. The van der Waals surface area contributed by atoms with Gasteiger partial charge in [-0.25, -0.2) is 9.97 Å². The minimum Gasteiger partial charge on any atom is -0.378 e. The molecule has 2 aromatic heterocycles. The second-order valence-corrected chi connectivity index (χ2v) is 7.74. The van der Waals surface area contributed by atoms with Crippen molar-refractivity contribution in [2.24, 2.45) is 0 Å². The molecule has 3 aromatic rings. The third kappa shape index (κ3) is 2.83. The Balaban J connectivity index is 1.94. The van der Waals surface area contributed by atoms with Crippen LogP contribution in [-0.2, 0) is 11.2 Å². The smallest absolute Gasteiger partial charge is 0.141 e. The van der Waals surface area contributed by atoms with Gasteiger partial charge in [-0.2, -0.15) is 0 Å². The molecule has 1 aromatic carbocycles. The van der Waals surface area contributed by atoms with Crippen LogP contribution in [0.2, 0.25) is 0 Å². The van der Waals surface area contributed by atoms with E-state index in [4.69, 9.17) is 4.74 Å². The molecule has 0 atom stereocenters. The van der Waals surface area contributed by atoms with Crippen LogP contribution in [0.4, 0.5) is 5.82 Å². The Morgan fingerprint density at radius 3 is 2.62 bits per heavy atom. The average molecular weight is 404 g/mol. The van der Waals surface area contributed by atoms with Crippen molar-refractivity contribution in [1.29, 1.82) is 0 Å². The Morgan fingerprint density at radius 1 is 1.17 bits per heavy atom. The molecule has 1 aliphatic heterocycles. The molecule has 0 aliphatic carbocycles. The number of hydrogen-bond acceptors (Lipinski definition) is 5. The normalized spacial score (nSPS) is 15.2. The zero-order valence-electron chi connectivity index (χ0n) is 13.5. The average Bonchev–Trinajstić information content (AvgIpc) is 3.02. The Hall–Kier alpha value is -1.50. The fourth-order valence-corrected chi connectivity index (χ4v) is 4.51. The molecule has 24 heavy (non-hydrogen) atoms. The molecule has 6 heteroatoms. The summed E-state index contributed by atoms with van der Waals surface area (Å²) in [6.07, 6.45) is 2.68. The van der Waals surface area contributed by atoms with Gasteiger partial charge in [0.05, 0.1) is 18.6 Å². The first-order valence-corrected chi connectivity index (χ1v) is 9.74. The van der Waals surface area contributed by atoms with Crippen molar-refractivity contribution in [2.45, 2.75) is 13.3 Å². The van der Waals surface area contributed by atoms with Crippen molar-refractivity contribution in [3.63, 3.8) is 0 Å². The van der Waals surface area contributed by atoms with Crippen LogP contribution in [0.25, 0.3) is 21.3 Å². The molecular formula is C18H18BrN3OS. The van der Waals surface area contributed by atoms with Crippen LogP contribution in [0.3, 0.4) is 0 Å². The van der Waals surface area contributed by atoms with E-state index in [1.54, 1.807) is 17.7 Å². The highest BCUT2D eigenvalue weighted by molar-refractivity contribution is 9.10. The molecule has 0 unspecified atom stereocenters. The summed E-state index contributed by atoms with van der Waals surface area (Å²) in [5.41, 5.74) is 2.51. The second-order valence-electron chi connectivity index (χ2n) is 5.74. The molecule has 0 amide bonds. The zero-order chi connectivity index (χ0) is 16.5. The third-order valence-corrected chi connectivity index (χ3v) is 6.08. The standard InChI is InChI=1S/C18H18BrN3OS/c1-2-14-15(12-3-5-13(19)6-4-12)16-17(20-11-21-18(16)24-14)22-7-9-23-10-8-22/h3-6,11H,2,7-10H2,1H3. The molecule has 1 aliphatic rings. The van der Waals surface area contributed by atoms with Gasteiger partial charge in [0.1, 0.15) is 17.0 Å². The number of thiophene rings is 1. The van der Waals surface area contributed by atoms with E-state index in [0.29, 0.717) is 0 Å². The van der Waals surface area contributed by atoms with E-state index in [-0.39, 0.29) is 0 Å². The fourth-order valence-electron chi connectivity index (χ4n) is 3.15. The van der Waals surface area contributed by atoms with E-state index in [1.165, 1.54) is 21.4 Å². The lowest BCUT2D eigenvalue weighted by Crippen LogP contribution is -2.36. The molecule has 0 radical (unpaired) electrons. The quantitative estimate of drug-likeness (QED) is 0.644. The summed E-state index contributed by atoms with van der Waals surface area (Å²) in [6.45, 7) is 5.47. The molecule has 3 heterocycles. The van der Waals surface area contributed by atoms with Crippen molar-refractivity contribution in [1.82, 2.24) is 9.97 Å². The first kappa shape index (κ1) is 16.0. The van der Waals surface area contributed by atoms with Gasteiger partial charge < -0.3 is 9.64 Å². The summed E-state index contributed by atoms with van der Waals surface area (Å²) in [6, 6.07) is 8.52. The number of fused-ring (bicyclic) bond motifs is 1. The lowest BCUT2D eigenvalue weighted by Gasteiger charge is -2.28. The number of anilines is 1. The van der Waals surface area contributed by atoms with Gasteiger partial charge >= 0.3 is 0 Å². The third-order valence-electron chi connectivity index (χ3n) is 4.31. The monoisotopic (exact) mass is 403 g/mol. The summed E-state index contributed by atoms with van der Waals surface area (Å²) in [5.74, 6) is 1.04. The fraction of sp³-hybridized carbons (Fsp3) is 0.333. The Bertz CT molecular complexity index is 857. The maximum Gasteiger partial charge on any atom is 0.141 e. The van der Waals surface area contributed by atoms with E-state index in [1.807, 2.05) is 0 Å². The lowest BCUT2D eigenvalue weighted by molar-refractivity contribution is 0.122. The maximum absolute atomic E-state index is 5.50. The number of hydrogen-bond donors (Lipinski definition) is 0. The van der Waals surface area contributed by atoms with Gasteiger partial charge in [-0.05, 0) is 24.1 Å². The Kier molecular flexibility index (Phi) is 4.52. The lowest BCUT2D eigenvalue weighted by atomic mass is 10.0. The van der Waals surface area contributed by atoms with E-state index >= 15 is 0 Å². The van der Waals surface area contributed by atoms with Gasteiger partial charge in [-0.3, -0.25) is 0 Å². The summed E-state index contributed by atoms with van der Waals surface area (Å²) in [4.78, 5) is 13.9. The van der Waals surface area contributed by atoms with Crippen LogP contribution >= 0.6 is 27.3 Å². The molecule has 1 saturated heterocycles. The molecule has 4 rings (SSSR count). The summed E-state index contributed by atoms with van der Waals surface area (Å²) >= 11 is 5.31. The summed E-state index contributed by atoms with van der Waals surface area (Å²) in [5, 5.41) is 1.18. The number of aryl methyl sites for hydroxylation is 1. The predicted octanol–water partition coefficient (Wildman–Crippen LogP) is 4.52. The number of ether oxygens (including phenoxy) is 1.